The summed E-state index contributed by atoms with van der Waals surface area (Å²) in [6, 6.07) is 12.3. The molecule has 2 aliphatic rings. The third-order valence-electron chi connectivity index (χ3n) is 6.51. The molecule has 6 nitrogen and oxygen atoms in total. The van der Waals surface area contributed by atoms with E-state index in [4.69, 9.17) is 0 Å². The van der Waals surface area contributed by atoms with Crippen molar-refractivity contribution in [2.75, 3.05) is 19.3 Å². The average Bonchev–Trinajstić information content (AvgIpc) is 3.53. The van der Waals surface area contributed by atoms with Crippen molar-refractivity contribution in [2.45, 2.75) is 37.6 Å². The summed E-state index contributed by atoms with van der Waals surface area (Å²) in [6.07, 6.45) is 3.06. The molecule has 0 spiro atoms. The highest BCUT2D eigenvalue weighted by Gasteiger charge is 2.63. The van der Waals surface area contributed by atoms with Crippen molar-refractivity contribution in [3.05, 3.63) is 59.7 Å². The van der Waals surface area contributed by atoms with Crippen LogP contribution in [0.15, 0.2) is 42.5 Å². The molecule has 3 atom stereocenters. The number of benzene rings is 2. The molecule has 33 heavy (non-hydrogen) atoms. The minimum Gasteiger partial charge on any atom is -0.341 e. The summed E-state index contributed by atoms with van der Waals surface area (Å²) in [5.41, 5.74) is -0.537. The van der Waals surface area contributed by atoms with E-state index in [0.29, 0.717) is 43.5 Å². The minimum absolute atomic E-state index is 0.163. The van der Waals surface area contributed by atoms with Gasteiger partial charge in [-0.15, -0.1) is 0 Å². The van der Waals surface area contributed by atoms with Gasteiger partial charge in [-0.1, -0.05) is 30.3 Å². The number of sulfonamides is 1. The second-order valence-electron chi connectivity index (χ2n) is 8.83. The smallest absolute Gasteiger partial charge is 0.243 e. The summed E-state index contributed by atoms with van der Waals surface area (Å²) in [5, 5.41) is 10.00. The van der Waals surface area contributed by atoms with E-state index in [0.717, 1.165) is 6.26 Å². The number of carbonyl (C=O) groups is 1. The Morgan fingerprint density at radius 2 is 1.82 bits per heavy atom. The van der Waals surface area contributed by atoms with Gasteiger partial charge in [0.05, 0.1) is 17.9 Å². The zero-order valence-electron chi connectivity index (χ0n) is 18.2. The van der Waals surface area contributed by atoms with Crippen LogP contribution in [0.5, 0.6) is 0 Å². The van der Waals surface area contributed by atoms with Gasteiger partial charge in [0.25, 0.3) is 0 Å². The van der Waals surface area contributed by atoms with E-state index in [1.165, 1.54) is 18.2 Å². The van der Waals surface area contributed by atoms with Crippen LogP contribution < -0.4 is 4.72 Å². The van der Waals surface area contributed by atoms with Crippen LogP contribution in [0.3, 0.4) is 0 Å². The summed E-state index contributed by atoms with van der Waals surface area (Å²) in [7, 11) is -3.35. The number of nitriles is 1. The molecule has 1 saturated heterocycles. The molecule has 2 aromatic carbocycles. The molecule has 1 aliphatic carbocycles. The molecule has 2 aromatic rings. The van der Waals surface area contributed by atoms with Crippen LogP contribution in [0, 0.1) is 28.4 Å². The minimum atomic E-state index is -3.35. The average molecular weight is 474 g/mol. The highest BCUT2D eigenvalue weighted by atomic mass is 32.2. The highest BCUT2D eigenvalue weighted by Crippen LogP contribution is 2.61. The molecule has 1 N–H and O–H groups in total. The fraction of sp³-hybridized carbons (Fsp3) is 0.417. The van der Waals surface area contributed by atoms with Gasteiger partial charge in [0, 0.05) is 25.0 Å². The molecule has 1 heterocycles. The predicted molar refractivity (Wildman–Crippen MR) is 119 cm³/mol. The Balaban J connectivity index is 1.58. The van der Waals surface area contributed by atoms with E-state index in [1.54, 1.807) is 29.2 Å². The molecule has 0 radical (unpaired) electrons. The second kappa shape index (κ2) is 8.84. The number of nitrogens with zero attached hydrogens (tertiary/aromatic N) is 2. The second-order valence-corrected chi connectivity index (χ2v) is 10.6. The number of hydrogen-bond acceptors (Lipinski definition) is 4. The lowest BCUT2D eigenvalue weighted by Gasteiger charge is -2.24. The van der Waals surface area contributed by atoms with Gasteiger partial charge in [-0.05, 0) is 48.9 Å². The summed E-state index contributed by atoms with van der Waals surface area (Å²) in [4.78, 5) is 15.1. The number of hydrogen-bond donors (Lipinski definition) is 1. The molecule has 0 unspecified atom stereocenters. The number of carbonyl (C=O) groups excluding carboxylic acids is 1. The van der Waals surface area contributed by atoms with Gasteiger partial charge in [-0.25, -0.2) is 21.9 Å². The number of rotatable bonds is 5. The zero-order valence-corrected chi connectivity index (χ0v) is 19.0. The van der Waals surface area contributed by atoms with E-state index in [2.05, 4.69) is 10.8 Å². The molecule has 9 heteroatoms. The van der Waals surface area contributed by atoms with Crippen molar-refractivity contribution in [1.82, 2.24) is 9.62 Å². The van der Waals surface area contributed by atoms with E-state index in [9.17, 15) is 27.3 Å². The Kier molecular flexibility index (Phi) is 6.25. The fourth-order valence-electron chi connectivity index (χ4n) is 4.83. The van der Waals surface area contributed by atoms with E-state index in [-0.39, 0.29) is 23.9 Å². The van der Waals surface area contributed by atoms with Crippen LogP contribution >= 0.6 is 0 Å². The maximum atomic E-state index is 14.5. The largest absolute Gasteiger partial charge is 0.341 e. The van der Waals surface area contributed by atoms with Crippen molar-refractivity contribution in [3.63, 3.8) is 0 Å². The van der Waals surface area contributed by atoms with E-state index >= 15 is 0 Å². The third kappa shape index (κ3) is 4.63. The Hall–Kier alpha value is -2.83. The first-order valence-corrected chi connectivity index (χ1v) is 12.8. The van der Waals surface area contributed by atoms with Gasteiger partial charge in [-0.2, -0.15) is 5.26 Å². The van der Waals surface area contributed by atoms with Crippen molar-refractivity contribution >= 4 is 15.9 Å². The Morgan fingerprint density at radius 1 is 1.12 bits per heavy atom. The lowest BCUT2D eigenvalue weighted by atomic mass is 9.91. The first-order chi connectivity index (χ1) is 15.7. The van der Waals surface area contributed by atoms with E-state index < -0.39 is 33.0 Å². The van der Waals surface area contributed by atoms with Crippen molar-refractivity contribution in [2.24, 2.45) is 5.41 Å². The van der Waals surface area contributed by atoms with Gasteiger partial charge in [0.2, 0.25) is 15.9 Å². The summed E-state index contributed by atoms with van der Waals surface area (Å²) in [6.45, 7) is 0.770. The van der Waals surface area contributed by atoms with Gasteiger partial charge in [0.1, 0.15) is 17.0 Å². The molecular weight excluding hydrogens is 448 g/mol. The highest BCUT2D eigenvalue weighted by molar-refractivity contribution is 7.88. The third-order valence-corrected chi connectivity index (χ3v) is 7.27. The molecule has 1 amide bonds. The summed E-state index contributed by atoms with van der Waals surface area (Å²) < 4.78 is 54.7. The standard InChI is InChI=1S/C24H25F2N3O3S/c1-33(31,32)28-16-6-5-12-29(13-11-16)23(30)24(15-27)14-19(24)17-7-2-3-8-18(17)22-20(25)9-4-10-21(22)26/h2-4,7-10,16,19,28H,5-6,11-14H2,1H3/t16-,19+,24+/m1/s1. The number of likely N-dealkylation sites (tertiary alicyclic amines) is 1. The summed E-state index contributed by atoms with van der Waals surface area (Å²) in [5.74, 6) is -2.18. The Labute approximate surface area is 192 Å². The maximum Gasteiger partial charge on any atom is 0.243 e. The monoisotopic (exact) mass is 473 g/mol. The van der Waals surface area contributed by atoms with Gasteiger partial charge >= 0.3 is 0 Å². The van der Waals surface area contributed by atoms with Crippen molar-refractivity contribution in [3.8, 4) is 17.2 Å². The van der Waals surface area contributed by atoms with E-state index in [1.807, 2.05) is 0 Å². The van der Waals surface area contributed by atoms with Gasteiger partial charge < -0.3 is 4.90 Å². The molecule has 4 rings (SSSR count). The van der Waals surface area contributed by atoms with Gasteiger partial charge in [-0.3, -0.25) is 4.79 Å². The molecule has 2 fully saturated rings. The number of amides is 1. The topological polar surface area (TPSA) is 90.3 Å². The maximum absolute atomic E-state index is 14.5. The molecule has 1 saturated carbocycles. The number of nitrogens with one attached hydrogen (secondary N) is 1. The Morgan fingerprint density at radius 3 is 2.48 bits per heavy atom. The predicted octanol–water partition coefficient (Wildman–Crippen LogP) is 3.56. The van der Waals surface area contributed by atoms with Crippen LogP contribution in [-0.4, -0.2) is 44.6 Å². The lowest BCUT2D eigenvalue weighted by molar-refractivity contribution is -0.135. The summed E-state index contributed by atoms with van der Waals surface area (Å²) >= 11 is 0. The van der Waals surface area contributed by atoms with Crippen molar-refractivity contribution < 1.29 is 22.0 Å². The zero-order chi connectivity index (χ0) is 23.8. The lowest BCUT2D eigenvalue weighted by Crippen LogP contribution is -2.39. The Bertz CT molecular complexity index is 1210. The molecule has 0 bridgehead atoms. The van der Waals surface area contributed by atoms with Crippen LogP contribution in [0.4, 0.5) is 8.78 Å². The fourth-order valence-corrected chi connectivity index (χ4v) is 5.67. The molecular formula is C24H25F2N3O3S. The quantitative estimate of drug-likeness (QED) is 0.719. The van der Waals surface area contributed by atoms with Crippen LogP contribution in [0.25, 0.3) is 11.1 Å². The van der Waals surface area contributed by atoms with Gasteiger partial charge in [0.15, 0.2) is 0 Å². The SMILES string of the molecule is CS(=O)(=O)N[C@@H]1CCCN(C(=O)[C@]2(C#N)C[C@H]2c2ccccc2-c2c(F)cccc2F)CC1. The molecule has 0 aromatic heterocycles. The molecule has 174 valence electrons. The first kappa shape index (κ1) is 23.3. The molecule has 1 aliphatic heterocycles. The van der Waals surface area contributed by atoms with Crippen molar-refractivity contribution in [1.29, 1.82) is 5.26 Å². The van der Waals surface area contributed by atoms with Crippen LogP contribution in [0.2, 0.25) is 0 Å². The first-order valence-electron chi connectivity index (χ1n) is 10.9. The number of halogens is 2. The van der Waals surface area contributed by atoms with Crippen LogP contribution in [0.1, 0.15) is 37.2 Å². The normalized spacial score (nSPS) is 25.2. The van der Waals surface area contributed by atoms with Crippen LogP contribution in [-0.2, 0) is 14.8 Å².